The number of halogens is 1. The lowest BCUT2D eigenvalue weighted by molar-refractivity contribution is 0.0929. The van der Waals surface area contributed by atoms with E-state index in [0.717, 1.165) is 40.6 Å². The molecule has 1 amide bonds. The van der Waals surface area contributed by atoms with Crippen molar-refractivity contribution in [3.05, 3.63) is 65.4 Å². The molecule has 1 aliphatic carbocycles. The largest absolute Gasteiger partial charge is 0.497 e. The van der Waals surface area contributed by atoms with Crippen LogP contribution in [-0.2, 0) is 5.54 Å². The van der Waals surface area contributed by atoms with Crippen LogP contribution in [-0.4, -0.2) is 55.3 Å². The summed E-state index contributed by atoms with van der Waals surface area (Å²) in [4.78, 5) is 19.9. The number of aryl methyl sites for hydroxylation is 1. The number of likely N-dealkylation sites (N-methyl/N-ethyl adjacent to an activating group) is 1. The summed E-state index contributed by atoms with van der Waals surface area (Å²) in [5, 5.41) is 4.30. The summed E-state index contributed by atoms with van der Waals surface area (Å²) in [5.74, 6) is 1.20. The van der Waals surface area contributed by atoms with Gasteiger partial charge in [0.05, 0.1) is 18.2 Å². The number of ether oxygens (including phenoxy) is 2. The van der Waals surface area contributed by atoms with Crippen LogP contribution in [0, 0.1) is 6.92 Å². The van der Waals surface area contributed by atoms with Gasteiger partial charge in [0.1, 0.15) is 24.3 Å². The average molecular weight is 464 g/mol. The van der Waals surface area contributed by atoms with Gasteiger partial charge < -0.3 is 14.8 Å². The zero-order chi connectivity index (χ0) is 23.9. The highest BCUT2D eigenvalue weighted by molar-refractivity contribution is 5.97. The van der Waals surface area contributed by atoms with Crippen molar-refractivity contribution in [2.75, 3.05) is 27.3 Å². The third-order valence-corrected chi connectivity index (χ3v) is 7.08. The van der Waals surface area contributed by atoms with Gasteiger partial charge in [-0.25, -0.2) is 4.39 Å². The highest BCUT2D eigenvalue weighted by atomic mass is 19.1. The number of pyridine rings is 1. The SMILES string of the molecule is COc1cc(C2(NC(=O)c3cc(OC[C@H]4C[C@H](F)CN4C)ccc3C)CC2)c2cccnc2c1. The standard InChI is InChI=1S/C27H30FN3O3/c1-17-6-7-20(34-16-19-11-18(28)15-31(19)2)12-23(17)26(32)30-27(8-9-27)24-13-21(33-3)14-25-22(24)5-4-10-29-25/h4-7,10,12-14,18-19H,8-9,11,15-16H2,1-3H3,(H,30,32)/t18-,19+/m0/s1. The number of methoxy groups -OCH3 is 1. The van der Waals surface area contributed by atoms with Crippen LogP contribution in [0.1, 0.15) is 40.7 Å². The van der Waals surface area contributed by atoms with Crippen molar-refractivity contribution < 1.29 is 18.7 Å². The second-order valence-electron chi connectivity index (χ2n) is 9.50. The van der Waals surface area contributed by atoms with Gasteiger partial charge in [-0.05, 0) is 68.6 Å². The van der Waals surface area contributed by atoms with Crippen LogP contribution in [0.5, 0.6) is 11.5 Å². The van der Waals surface area contributed by atoms with Crippen molar-refractivity contribution in [1.29, 1.82) is 0 Å². The minimum absolute atomic E-state index is 0.0401. The molecule has 3 aromatic rings. The molecule has 6 nitrogen and oxygen atoms in total. The van der Waals surface area contributed by atoms with E-state index in [9.17, 15) is 9.18 Å². The number of rotatable bonds is 7. The van der Waals surface area contributed by atoms with Crippen LogP contribution in [0.4, 0.5) is 4.39 Å². The Kier molecular flexibility index (Phi) is 5.90. The summed E-state index contributed by atoms with van der Waals surface area (Å²) >= 11 is 0. The molecule has 1 saturated heterocycles. The average Bonchev–Trinajstić information content (AvgIpc) is 3.54. The van der Waals surface area contributed by atoms with E-state index in [1.165, 1.54) is 0 Å². The maximum Gasteiger partial charge on any atom is 0.252 e. The molecule has 2 aliphatic rings. The van der Waals surface area contributed by atoms with Crippen LogP contribution in [0.15, 0.2) is 48.7 Å². The number of carbonyl (C=O) groups excluding carboxylic acids is 1. The fraction of sp³-hybridized carbons (Fsp3) is 0.407. The molecule has 34 heavy (non-hydrogen) atoms. The highest BCUT2D eigenvalue weighted by Gasteiger charge is 2.47. The number of nitrogens with zero attached hydrogens (tertiary/aromatic N) is 2. The molecule has 0 unspecified atom stereocenters. The minimum Gasteiger partial charge on any atom is -0.497 e. The second kappa shape index (κ2) is 8.87. The molecule has 0 spiro atoms. The molecule has 178 valence electrons. The van der Waals surface area contributed by atoms with Crippen LogP contribution in [0.25, 0.3) is 10.9 Å². The number of fused-ring (bicyclic) bond motifs is 1. The van der Waals surface area contributed by atoms with E-state index in [-0.39, 0.29) is 11.9 Å². The third kappa shape index (κ3) is 4.32. The number of aromatic nitrogens is 1. The van der Waals surface area contributed by atoms with E-state index in [2.05, 4.69) is 10.3 Å². The lowest BCUT2D eigenvalue weighted by Crippen LogP contribution is -2.35. The molecule has 0 bridgehead atoms. The first-order valence-electron chi connectivity index (χ1n) is 11.7. The van der Waals surface area contributed by atoms with Crippen LogP contribution >= 0.6 is 0 Å². The molecule has 1 N–H and O–H groups in total. The summed E-state index contributed by atoms with van der Waals surface area (Å²) in [7, 11) is 3.55. The zero-order valence-electron chi connectivity index (χ0n) is 19.8. The first-order valence-corrected chi connectivity index (χ1v) is 11.7. The Morgan fingerprint density at radius 3 is 2.76 bits per heavy atom. The van der Waals surface area contributed by atoms with Gasteiger partial charge in [-0.15, -0.1) is 0 Å². The Labute approximate surface area is 199 Å². The first kappa shape index (κ1) is 22.6. The third-order valence-electron chi connectivity index (χ3n) is 7.08. The van der Waals surface area contributed by atoms with Gasteiger partial charge >= 0.3 is 0 Å². The van der Waals surface area contributed by atoms with Crippen molar-refractivity contribution in [3.63, 3.8) is 0 Å². The number of benzene rings is 2. The number of likely N-dealkylation sites (tertiary alicyclic amines) is 1. The van der Waals surface area contributed by atoms with E-state index in [1.54, 1.807) is 19.4 Å². The molecule has 1 aromatic heterocycles. The van der Waals surface area contributed by atoms with E-state index in [4.69, 9.17) is 9.47 Å². The maximum atomic E-state index is 13.7. The van der Waals surface area contributed by atoms with E-state index in [1.807, 2.05) is 55.3 Å². The maximum absolute atomic E-state index is 13.7. The summed E-state index contributed by atoms with van der Waals surface area (Å²) in [6, 6.07) is 13.4. The number of hydrogen-bond donors (Lipinski definition) is 1. The number of hydrogen-bond acceptors (Lipinski definition) is 5. The Morgan fingerprint density at radius 2 is 2.06 bits per heavy atom. The number of amides is 1. The van der Waals surface area contributed by atoms with Gasteiger partial charge in [-0.3, -0.25) is 14.7 Å². The molecule has 2 fully saturated rings. The lowest BCUT2D eigenvalue weighted by atomic mass is 9.97. The molecule has 1 aliphatic heterocycles. The Morgan fingerprint density at radius 1 is 1.24 bits per heavy atom. The summed E-state index contributed by atoms with van der Waals surface area (Å²) in [6.45, 7) is 2.75. The first-order chi connectivity index (χ1) is 16.4. The van der Waals surface area contributed by atoms with Crippen molar-refractivity contribution in [3.8, 4) is 11.5 Å². The predicted octanol–water partition coefficient (Wildman–Crippen LogP) is 4.39. The molecule has 2 aromatic carbocycles. The Hall–Kier alpha value is -3.19. The number of carbonyl (C=O) groups is 1. The number of alkyl halides is 1. The summed E-state index contributed by atoms with van der Waals surface area (Å²) < 4.78 is 25.1. The monoisotopic (exact) mass is 463 g/mol. The van der Waals surface area contributed by atoms with Gasteiger partial charge in [0.15, 0.2) is 0 Å². The Bertz CT molecular complexity index is 1230. The molecule has 1 saturated carbocycles. The minimum atomic E-state index is -0.810. The Balaban J connectivity index is 1.37. The van der Waals surface area contributed by atoms with Gasteiger partial charge in [-0.2, -0.15) is 0 Å². The topological polar surface area (TPSA) is 63.7 Å². The van der Waals surface area contributed by atoms with Crippen molar-refractivity contribution in [1.82, 2.24) is 15.2 Å². The smallest absolute Gasteiger partial charge is 0.252 e. The van der Waals surface area contributed by atoms with Crippen LogP contribution < -0.4 is 14.8 Å². The van der Waals surface area contributed by atoms with Gasteiger partial charge in [0.25, 0.3) is 5.91 Å². The highest BCUT2D eigenvalue weighted by Crippen LogP contribution is 2.49. The molecular formula is C27H30FN3O3. The van der Waals surface area contributed by atoms with Crippen molar-refractivity contribution >= 4 is 16.8 Å². The summed E-state index contributed by atoms with van der Waals surface area (Å²) in [5.41, 5.74) is 2.88. The lowest BCUT2D eigenvalue weighted by Gasteiger charge is -2.22. The molecule has 5 rings (SSSR count). The molecule has 7 heteroatoms. The molecule has 2 atom stereocenters. The van der Waals surface area contributed by atoms with Crippen LogP contribution in [0.3, 0.4) is 0 Å². The fourth-order valence-corrected chi connectivity index (χ4v) is 4.88. The fourth-order valence-electron chi connectivity index (χ4n) is 4.88. The van der Waals surface area contributed by atoms with Gasteiger partial charge in [-0.1, -0.05) is 12.1 Å². The second-order valence-corrected chi connectivity index (χ2v) is 9.50. The molecular weight excluding hydrogens is 433 g/mol. The molecule has 2 heterocycles. The van der Waals surface area contributed by atoms with Crippen molar-refractivity contribution in [2.24, 2.45) is 0 Å². The molecule has 0 radical (unpaired) electrons. The van der Waals surface area contributed by atoms with Crippen LogP contribution in [0.2, 0.25) is 0 Å². The van der Waals surface area contributed by atoms with E-state index < -0.39 is 11.7 Å². The predicted molar refractivity (Wildman–Crippen MR) is 129 cm³/mol. The van der Waals surface area contributed by atoms with E-state index >= 15 is 0 Å². The number of nitrogens with one attached hydrogen (secondary N) is 1. The van der Waals surface area contributed by atoms with E-state index in [0.29, 0.717) is 30.9 Å². The van der Waals surface area contributed by atoms with Gasteiger partial charge in [0, 0.05) is 35.8 Å². The normalized spacial score (nSPS) is 21.4. The summed E-state index contributed by atoms with van der Waals surface area (Å²) in [6.07, 6.45) is 3.13. The van der Waals surface area contributed by atoms with Crippen molar-refractivity contribution in [2.45, 2.75) is 43.9 Å². The quantitative estimate of drug-likeness (QED) is 0.563. The van der Waals surface area contributed by atoms with Gasteiger partial charge in [0.2, 0.25) is 0 Å². The zero-order valence-corrected chi connectivity index (χ0v) is 19.8.